The molecule has 0 radical (unpaired) electrons. The highest BCUT2D eigenvalue weighted by molar-refractivity contribution is 6.01. The van der Waals surface area contributed by atoms with E-state index in [-0.39, 0.29) is 5.91 Å². The van der Waals surface area contributed by atoms with Crippen molar-refractivity contribution in [2.75, 3.05) is 13.7 Å². The SMILES string of the molecule is CCOc1ccc(C(=O)N/N=C(/C)c2cccc(OC)c2)cc1. The van der Waals surface area contributed by atoms with Gasteiger partial charge in [-0.15, -0.1) is 0 Å². The number of hydrogen-bond acceptors (Lipinski definition) is 4. The molecular weight excluding hydrogens is 292 g/mol. The standard InChI is InChI=1S/C18H20N2O3/c1-4-23-16-10-8-14(9-11-16)18(21)20-19-13(2)15-6-5-7-17(12-15)22-3/h5-12H,4H2,1-3H3,(H,20,21)/b19-13-. The molecular formula is C18H20N2O3. The van der Waals surface area contributed by atoms with Gasteiger partial charge in [0.1, 0.15) is 11.5 Å². The minimum Gasteiger partial charge on any atom is -0.497 e. The van der Waals surface area contributed by atoms with Crippen molar-refractivity contribution in [2.45, 2.75) is 13.8 Å². The van der Waals surface area contributed by atoms with Gasteiger partial charge in [-0.1, -0.05) is 12.1 Å². The summed E-state index contributed by atoms with van der Waals surface area (Å²) in [6.07, 6.45) is 0. The first kappa shape index (κ1) is 16.5. The summed E-state index contributed by atoms with van der Waals surface area (Å²) >= 11 is 0. The van der Waals surface area contributed by atoms with Crippen molar-refractivity contribution < 1.29 is 14.3 Å². The first-order chi connectivity index (χ1) is 11.1. The normalized spacial score (nSPS) is 11.0. The van der Waals surface area contributed by atoms with E-state index in [1.165, 1.54) is 0 Å². The van der Waals surface area contributed by atoms with Gasteiger partial charge in [-0.05, 0) is 50.2 Å². The van der Waals surface area contributed by atoms with E-state index >= 15 is 0 Å². The van der Waals surface area contributed by atoms with Gasteiger partial charge in [0.15, 0.2) is 0 Å². The van der Waals surface area contributed by atoms with E-state index in [4.69, 9.17) is 9.47 Å². The molecule has 0 aliphatic carbocycles. The molecule has 0 aliphatic heterocycles. The molecule has 5 heteroatoms. The van der Waals surface area contributed by atoms with E-state index in [2.05, 4.69) is 10.5 Å². The smallest absolute Gasteiger partial charge is 0.271 e. The molecule has 1 N–H and O–H groups in total. The molecule has 2 aromatic carbocycles. The molecule has 1 amide bonds. The highest BCUT2D eigenvalue weighted by Gasteiger charge is 2.06. The van der Waals surface area contributed by atoms with Crippen molar-refractivity contribution in [3.05, 3.63) is 59.7 Å². The minimum atomic E-state index is -0.268. The first-order valence-corrected chi connectivity index (χ1v) is 7.36. The number of carbonyl (C=O) groups excluding carboxylic acids is 1. The van der Waals surface area contributed by atoms with Crippen LogP contribution in [0.3, 0.4) is 0 Å². The Labute approximate surface area is 135 Å². The van der Waals surface area contributed by atoms with Crippen molar-refractivity contribution >= 4 is 11.6 Å². The van der Waals surface area contributed by atoms with E-state index in [0.717, 1.165) is 17.1 Å². The molecule has 0 aliphatic rings. The first-order valence-electron chi connectivity index (χ1n) is 7.36. The number of hydrogen-bond donors (Lipinski definition) is 1. The fourth-order valence-electron chi connectivity index (χ4n) is 1.98. The van der Waals surface area contributed by atoms with E-state index < -0.39 is 0 Å². The number of amides is 1. The zero-order valence-electron chi connectivity index (χ0n) is 13.5. The summed E-state index contributed by atoms with van der Waals surface area (Å²) in [5, 5.41) is 4.14. The van der Waals surface area contributed by atoms with Gasteiger partial charge < -0.3 is 9.47 Å². The predicted octanol–water partition coefficient (Wildman–Crippen LogP) is 3.25. The van der Waals surface area contributed by atoms with E-state index in [9.17, 15) is 4.79 Å². The predicted molar refractivity (Wildman–Crippen MR) is 90.3 cm³/mol. The summed E-state index contributed by atoms with van der Waals surface area (Å²) in [6, 6.07) is 14.4. The van der Waals surface area contributed by atoms with Crippen molar-refractivity contribution in [1.82, 2.24) is 5.43 Å². The van der Waals surface area contributed by atoms with Gasteiger partial charge in [-0.2, -0.15) is 5.10 Å². The number of nitrogens with one attached hydrogen (secondary N) is 1. The van der Waals surface area contributed by atoms with Gasteiger partial charge in [-0.25, -0.2) is 5.43 Å². The molecule has 2 aromatic rings. The molecule has 0 saturated heterocycles. The Hall–Kier alpha value is -2.82. The summed E-state index contributed by atoms with van der Waals surface area (Å²) in [5.41, 5.74) is 4.66. The van der Waals surface area contributed by atoms with Crippen LogP contribution >= 0.6 is 0 Å². The van der Waals surface area contributed by atoms with Gasteiger partial charge in [0.05, 0.1) is 19.4 Å². The largest absolute Gasteiger partial charge is 0.497 e. The lowest BCUT2D eigenvalue weighted by Gasteiger charge is -2.06. The van der Waals surface area contributed by atoms with E-state index in [1.54, 1.807) is 31.4 Å². The van der Waals surface area contributed by atoms with Crippen LogP contribution in [0.5, 0.6) is 11.5 Å². The molecule has 2 rings (SSSR count). The molecule has 120 valence electrons. The zero-order chi connectivity index (χ0) is 16.7. The highest BCUT2D eigenvalue weighted by atomic mass is 16.5. The van der Waals surface area contributed by atoms with Crippen molar-refractivity contribution in [1.29, 1.82) is 0 Å². The van der Waals surface area contributed by atoms with Gasteiger partial charge in [-0.3, -0.25) is 4.79 Å². The van der Waals surface area contributed by atoms with Crippen LogP contribution in [0.25, 0.3) is 0 Å². The summed E-state index contributed by atoms with van der Waals surface area (Å²) in [5.74, 6) is 1.21. The second kappa shape index (κ2) is 7.98. The highest BCUT2D eigenvalue weighted by Crippen LogP contribution is 2.14. The van der Waals surface area contributed by atoms with Crippen LogP contribution in [0.15, 0.2) is 53.6 Å². The van der Waals surface area contributed by atoms with Crippen LogP contribution in [-0.4, -0.2) is 25.3 Å². The average molecular weight is 312 g/mol. The molecule has 0 bridgehead atoms. The molecule has 0 aromatic heterocycles. The summed E-state index contributed by atoms with van der Waals surface area (Å²) in [4.78, 5) is 12.1. The van der Waals surface area contributed by atoms with Crippen molar-refractivity contribution in [2.24, 2.45) is 5.10 Å². The summed E-state index contributed by atoms with van der Waals surface area (Å²) in [6.45, 7) is 4.33. The Bertz CT molecular complexity index is 694. The fourth-order valence-corrected chi connectivity index (χ4v) is 1.98. The topological polar surface area (TPSA) is 59.9 Å². The fraction of sp³-hybridized carbons (Fsp3) is 0.222. The van der Waals surface area contributed by atoms with Crippen LogP contribution in [-0.2, 0) is 0 Å². The van der Waals surface area contributed by atoms with Gasteiger partial charge in [0.25, 0.3) is 5.91 Å². The average Bonchev–Trinajstić information content (AvgIpc) is 2.60. The van der Waals surface area contributed by atoms with Crippen LogP contribution < -0.4 is 14.9 Å². The van der Waals surface area contributed by atoms with Gasteiger partial charge in [0.2, 0.25) is 0 Å². The lowest BCUT2D eigenvalue weighted by atomic mass is 10.1. The molecule has 0 fully saturated rings. The van der Waals surface area contributed by atoms with Crippen LogP contribution in [0, 0.1) is 0 Å². The monoisotopic (exact) mass is 312 g/mol. The maximum absolute atomic E-state index is 12.1. The molecule has 0 spiro atoms. The summed E-state index contributed by atoms with van der Waals surface area (Å²) < 4.78 is 10.5. The molecule has 5 nitrogen and oxygen atoms in total. The molecule has 0 unspecified atom stereocenters. The number of benzene rings is 2. The zero-order valence-corrected chi connectivity index (χ0v) is 13.5. The Balaban J connectivity index is 2.04. The second-order valence-corrected chi connectivity index (χ2v) is 4.83. The second-order valence-electron chi connectivity index (χ2n) is 4.83. The minimum absolute atomic E-state index is 0.268. The van der Waals surface area contributed by atoms with Crippen LogP contribution in [0.4, 0.5) is 0 Å². The van der Waals surface area contributed by atoms with Crippen LogP contribution in [0.2, 0.25) is 0 Å². The Kier molecular flexibility index (Phi) is 5.74. The number of methoxy groups -OCH3 is 1. The lowest BCUT2D eigenvalue weighted by molar-refractivity contribution is 0.0955. The molecule has 0 atom stereocenters. The van der Waals surface area contributed by atoms with Gasteiger partial charge >= 0.3 is 0 Å². The summed E-state index contributed by atoms with van der Waals surface area (Å²) in [7, 11) is 1.61. The molecule has 0 heterocycles. The number of rotatable bonds is 6. The number of hydrazone groups is 1. The third-order valence-electron chi connectivity index (χ3n) is 3.24. The third-order valence-corrected chi connectivity index (χ3v) is 3.24. The van der Waals surface area contributed by atoms with Crippen LogP contribution in [0.1, 0.15) is 29.8 Å². The van der Waals surface area contributed by atoms with Crippen molar-refractivity contribution in [3.63, 3.8) is 0 Å². The third kappa shape index (κ3) is 4.57. The Morgan fingerprint density at radius 1 is 1.09 bits per heavy atom. The maximum Gasteiger partial charge on any atom is 0.271 e. The number of ether oxygens (including phenoxy) is 2. The number of carbonyl (C=O) groups is 1. The maximum atomic E-state index is 12.1. The lowest BCUT2D eigenvalue weighted by Crippen LogP contribution is -2.19. The van der Waals surface area contributed by atoms with Gasteiger partial charge in [0, 0.05) is 11.1 Å². The Morgan fingerprint density at radius 2 is 1.83 bits per heavy atom. The Morgan fingerprint density at radius 3 is 2.48 bits per heavy atom. The van der Waals surface area contributed by atoms with E-state index in [1.807, 2.05) is 38.1 Å². The number of nitrogens with zero attached hydrogens (tertiary/aromatic N) is 1. The van der Waals surface area contributed by atoms with E-state index in [0.29, 0.717) is 17.9 Å². The van der Waals surface area contributed by atoms with Crippen molar-refractivity contribution in [3.8, 4) is 11.5 Å². The molecule has 0 saturated carbocycles. The quantitative estimate of drug-likeness (QED) is 0.658. The molecule has 23 heavy (non-hydrogen) atoms.